The Balaban J connectivity index is 2.38. The van der Waals surface area contributed by atoms with Crippen LogP contribution in [0.2, 0.25) is 10.0 Å². The van der Waals surface area contributed by atoms with Gasteiger partial charge in [-0.1, -0.05) is 75.2 Å². The molecule has 14 N–H and O–H groups in total. The van der Waals surface area contributed by atoms with Crippen LogP contribution in [0.3, 0.4) is 0 Å². The van der Waals surface area contributed by atoms with E-state index in [1.165, 1.54) is 19.1 Å². The molecule has 7 amide bonds. The van der Waals surface area contributed by atoms with Gasteiger partial charge in [0.1, 0.15) is 24.2 Å². The number of benzene rings is 1. The van der Waals surface area contributed by atoms with Crippen molar-refractivity contribution in [1.82, 2.24) is 31.9 Å². The average Bonchev–Trinajstić information content (AvgIpc) is 3.20. The first kappa shape index (κ1) is 54.6. The first-order valence-electron chi connectivity index (χ1n) is 21.4. The summed E-state index contributed by atoms with van der Waals surface area (Å²) in [6.45, 7) is 4.98. The normalized spacial score (nSPS) is 15.5. The molecule has 0 bridgehead atoms. The Kier molecular flexibility index (Phi) is 23.6. The molecule has 0 radical (unpaired) electrons. The van der Waals surface area contributed by atoms with E-state index in [0.29, 0.717) is 12.0 Å². The third-order valence-corrected chi connectivity index (χ3v) is 11.4. The number of guanidine groups is 1. The predicted octanol–water partition coefficient (Wildman–Crippen LogP) is 1.06. The number of ketones is 1. The number of nitrogens with two attached hydrogens (primary N) is 3. The van der Waals surface area contributed by atoms with Gasteiger partial charge >= 0.3 is 5.97 Å². The van der Waals surface area contributed by atoms with Gasteiger partial charge in [-0.25, -0.2) is 4.79 Å². The molecule has 1 aromatic rings. The third kappa shape index (κ3) is 20.8. The Morgan fingerprint density at radius 3 is 1.89 bits per heavy atom. The topological polar surface area (TPSA) is 348 Å². The first-order chi connectivity index (χ1) is 30.1. The van der Waals surface area contributed by atoms with Gasteiger partial charge in [0.05, 0.1) is 22.5 Å². The first-order valence-corrected chi connectivity index (χ1v) is 22.1. The molecule has 2 rings (SSSR count). The molecule has 0 aromatic heterocycles. The molecule has 0 saturated heterocycles. The van der Waals surface area contributed by atoms with Gasteiger partial charge in [-0.2, -0.15) is 0 Å². The third-order valence-electron chi connectivity index (χ3n) is 10.7. The summed E-state index contributed by atoms with van der Waals surface area (Å²) in [7, 11) is 0. The number of carboxylic acids is 1. The monoisotopic (exact) mass is 938 g/mol. The molecule has 64 heavy (non-hydrogen) atoms. The molecular formula is C42H64Cl2N10O10. The maximum atomic E-state index is 14.2. The van der Waals surface area contributed by atoms with Crippen LogP contribution in [0.4, 0.5) is 0 Å². The molecule has 6 atom stereocenters. The van der Waals surface area contributed by atoms with E-state index in [1.54, 1.807) is 19.9 Å². The van der Waals surface area contributed by atoms with Crippen molar-refractivity contribution in [2.75, 3.05) is 6.54 Å². The largest absolute Gasteiger partial charge is 0.480 e. The van der Waals surface area contributed by atoms with E-state index in [1.807, 2.05) is 0 Å². The number of hydrogen-bond acceptors (Lipinski definition) is 10. The number of carbonyl (C=O) groups is 9. The number of aliphatic carboxylic acids is 1. The summed E-state index contributed by atoms with van der Waals surface area (Å²) < 4.78 is 0. The molecule has 0 aliphatic heterocycles. The van der Waals surface area contributed by atoms with Gasteiger partial charge < -0.3 is 54.2 Å². The molecular weight excluding hydrogens is 875 g/mol. The highest BCUT2D eigenvalue weighted by molar-refractivity contribution is 6.42. The fourth-order valence-electron chi connectivity index (χ4n) is 7.43. The van der Waals surface area contributed by atoms with Crippen molar-refractivity contribution in [2.45, 2.75) is 141 Å². The van der Waals surface area contributed by atoms with E-state index in [0.717, 1.165) is 32.1 Å². The number of primary amides is 2. The molecule has 0 spiro atoms. The number of amides is 7. The number of carbonyl (C=O) groups excluding carboxylic acids is 8. The number of halogens is 2. The van der Waals surface area contributed by atoms with E-state index < -0.39 is 102 Å². The van der Waals surface area contributed by atoms with E-state index in [4.69, 9.17) is 45.8 Å². The molecule has 1 fully saturated rings. The summed E-state index contributed by atoms with van der Waals surface area (Å²) in [6, 6.07) is -2.26. The Morgan fingerprint density at radius 2 is 1.33 bits per heavy atom. The second-order valence-corrected chi connectivity index (χ2v) is 17.5. The van der Waals surface area contributed by atoms with Gasteiger partial charge in [0.2, 0.25) is 41.4 Å². The summed E-state index contributed by atoms with van der Waals surface area (Å²) in [4.78, 5) is 118. The van der Waals surface area contributed by atoms with Gasteiger partial charge in [0.25, 0.3) is 0 Å². The molecule has 356 valence electrons. The van der Waals surface area contributed by atoms with Crippen molar-refractivity contribution in [1.29, 1.82) is 5.41 Å². The lowest BCUT2D eigenvalue weighted by Gasteiger charge is -2.30. The van der Waals surface area contributed by atoms with Crippen LogP contribution < -0.4 is 49.1 Å². The van der Waals surface area contributed by atoms with Crippen LogP contribution >= 0.6 is 23.2 Å². The van der Waals surface area contributed by atoms with Crippen molar-refractivity contribution >= 4 is 82.3 Å². The summed E-state index contributed by atoms with van der Waals surface area (Å²) >= 11 is 12.1. The highest BCUT2D eigenvalue weighted by atomic mass is 35.5. The zero-order chi connectivity index (χ0) is 48.1. The maximum absolute atomic E-state index is 14.2. The van der Waals surface area contributed by atoms with Crippen LogP contribution in [-0.2, 0) is 49.6 Å². The van der Waals surface area contributed by atoms with Crippen LogP contribution in [0.5, 0.6) is 0 Å². The van der Waals surface area contributed by atoms with Crippen LogP contribution in [0.25, 0.3) is 0 Å². The van der Waals surface area contributed by atoms with E-state index in [9.17, 15) is 48.3 Å². The second kappa shape index (κ2) is 27.6. The van der Waals surface area contributed by atoms with Crippen molar-refractivity contribution in [3.05, 3.63) is 33.8 Å². The average molecular weight is 940 g/mol. The summed E-state index contributed by atoms with van der Waals surface area (Å²) in [5.41, 5.74) is 16.7. The number of hydrogen-bond donors (Lipinski definition) is 11. The number of rotatable bonds is 28. The maximum Gasteiger partial charge on any atom is 0.326 e. The lowest BCUT2D eigenvalue weighted by Crippen LogP contribution is -2.59. The Hall–Kier alpha value is -5.50. The lowest BCUT2D eigenvalue weighted by atomic mass is 9.84. The molecule has 0 heterocycles. The standard InChI is InChI=1S/C42H64Cl2N10O10/c1-22(2)16-30(38(60)54-33(41(63)64)19-25-11-13-27(43)28(44)17-25)52-40(62)32(21-36(46)58)53-39(61)31(18-24-8-5-4-6-9-24)51-37(59)26(12-14-35(45)57)20-34(56)29(50-23(3)55)10-7-15-49-42(47)48/h11,13,17,22,24,26,29-33H,4-10,12,14-16,18-21H2,1-3H3,(H2,45,57)(H2,46,58)(H,50,55)(H,51,59)(H,52,62)(H,53,61)(H,54,60)(H,63,64)(H4,47,48,49)/t26?,29-,30-,31-,32?,33-/m0/s1. The van der Waals surface area contributed by atoms with Crippen molar-refractivity contribution in [2.24, 2.45) is 35.0 Å². The highest BCUT2D eigenvalue weighted by Gasteiger charge is 2.35. The highest BCUT2D eigenvalue weighted by Crippen LogP contribution is 2.28. The van der Waals surface area contributed by atoms with Crippen LogP contribution in [0, 0.1) is 23.2 Å². The molecule has 22 heteroatoms. The van der Waals surface area contributed by atoms with Gasteiger partial charge in [-0.3, -0.25) is 43.8 Å². The minimum atomic E-state index is -1.65. The van der Waals surface area contributed by atoms with Crippen molar-refractivity contribution < 1.29 is 48.3 Å². The van der Waals surface area contributed by atoms with Crippen LogP contribution in [-0.4, -0.2) is 101 Å². The van der Waals surface area contributed by atoms with E-state index in [2.05, 4.69) is 31.9 Å². The van der Waals surface area contributed by atoms with Crippen molar-refractivity contribution in [3.63, 3.8) is 0 Å². The molecule has 1 aliphatic rings. The van der Waals surface area contributed by atoms with Crippen molar-refractivity contribution in [3.8, 4) is 0 Å². The minimum Gasteiger partial charge on any atom is -0.480 e. The lowest BCUT2D eigenvalue weighted by molar-refractivity contribution is -0.142. The molecule has 20 nitrogen and oxygen atoms in total. The Morgan fingerprint density at radius 1 is 0.734 bits per heavy atom. The van der Waals surface area contributed by atoms with Crippen LogP contribution in [0.1, 0.15) is 110 Å². The second-order valence-electron chi connectivity index (χ2n) is 16.7. The number of Topliss-reactive ketones (excluding diaryl/α,β-unsaturated/α-hetero) is 1. The summed E-state index contributed by atoms with van der Waals surface area (Å²) in [6.07, 6.45) is 3.00. The van der Waals surface area contributed by atoms with E-state index in [-0.39, 0.29) is 72.9 Å². The predicted molar refractivity (Wildman–Crippen MR) is 238 cm³/mol. The molecule has 1 saturated carbocycles. The molecule has 1 aliphatic carbocycles. The zero-order valence-electron chi connectivity index (χ0n) is 36.6. The summed E-state index contributed by atoms with van der Waals surface area (Å²) in [5.74, 6) is -9.31. The quantitative estimate of drug-likeness (QED) is 0.0319. The SMILES string of the molecule is CC(=O)N[C@@H](CCCNC(=N)N)C(=O)CC(CCC(N)=O)C(=O)N[C@@H](CC1CCCCC1)C(=O)NC(CC(N)=O)C(=O)N[C@@H](CC(C)C)C(=O)N[C@@H](Cc1ccc(Cl)c(Cl)c1)C(=O)O. The zero-order valence-corrected chi connectivity index (χ0v) is 38.1. The van der Waals surface area contributed by atoms with Gasteiger partial charge in [0, 0.05) is 38.6 Å². The van der Waals surface area contributed by atoms with Crippen LogP contribution in [0.15, 0.2) is 18.2 Å². The number of carboxylic acid groups (broad SMARTS) is 1. The molecule has 2 unspecified atom stereocenters. The Bertz CT molecular complexity index is 1840. The smallest absolute Gasteiger partial charge is 0.326 e. The summed E-state index contributed by atoms with van der Waals surface area (Å²) in [5, 5.41) is 33.1. The van der Waals surface area contributed by atoms with Gasteiger partial charge in [-0.05, 0) is 61.6 Å². The fraction of sp³-hybridized carbons (Fsp3) is 0.619. The van der Waals surface area contributed by atoms with Gasteiger partial charge in [-0.15, -0.1) is 0 Å². The minimum absolute atomic E-state index is 0.0256. The molecule has 1 aromatic carbocycles. The fourth-order valence-corrected chi connectivity index (χ4v) is 7.75. The van der Waals surface area contributed by atoms with Gasteiger partial charge in [0.15, 0.2) is 11.7 Å². The Labute approximate surface area is 382 Å². The number of nitrogens with one attached hydrogen (secondary N) is 7. The van der Waals surface area contributed by atoms with E-state index >= 15 is 0 Å².